The SMILES string of the molecule is C[n+]1c(SCC(=O)NN=Cc2ccco2)[nH]c2ccccc21. The first-order chi connectivity index (χ1) is 10.7. The Balaban J connectivity index is 1.57. The van der Waals surface area contributed by atoms with Crippen molar-refractivity contribution in [3.05, 3.63) is 48.4 Å². The van der Waals surface area contributed by atoms with Crippen LogP contribution < -0.4 is 9.99 Å². The zero-order chi connectivity index (χ0) is 15.4. The summed E-state index contributed by atoms with van der Waals surface area (Å²) in [6.45, 7) is 0. The van der Waals surface area contributed by atoms with Crippen molar-refractivity contribution >= 4 is 34.9 Å². The molecule has 0 unspecified atom stereocenters. The van der Waals surface area contributed by atoms with Crippen LogP contribution in [0.1, 0.15) is 5.76 Å². The zero-order valence-corrected chi connectivity index (χ0v) is 12.8. The van der Waals surface area contributed by atoms with E-state index in [4.69, 9.17) is 4.42 Å². The number of hydrogen-bond donors (Lipinski definition) is 2. The van der Waals surface area contributed by atoms with Gasteiger partial charge in [0.2, 0.25) is 0 Å². The van der Waals surface area contributed by atoms with Crippen molar-refractivity contribution in [3.63, 3.8) is 0 Å². The number of carbonyl (C=O) groups excluding carboxylic acids is 1. The van der Waals surface area contributed by atoms with Gasteiger partial charge in [-0.15, -0.1) is 0 Å². The number of nitrogens with one attached hydrogen (secondary N) is 2. The summed E-state index contributed by atoms with van der Waals surface area (Å²) in [7, 11) is 1.97. The minimum absolute atomic E-state index is 0.175. The molecule has 1 amide bonds. The average Bonchev–Trinajstić information content (AvgIpc) is 3.14. The molecule has 0 atom stereocenters. The van der Waals surface area contributed by atoms with Gasteiger partial charge < -0.3 is 4.42 Å². The van der Waals surface area contributed by atoms with E-state index in [2.05, 4.69) is 15.5 Å². The number of furan rings is 1. The van der Waals surface area contributed by atoms with Gasteiger partial charge in [0, 0.05) is 0 Å². The maximum absolute atomic E-state index is 11.8. The predicted molar refractivity (Wildman–Crippen MR) is 84.6 cm³/mol. The first kappa shape index (κ1) is 14.4. The lowest BCUT2D eigenvalue weighted by Crippen LogP contribution is -2.30. The predicted octanol–water partition coefficient (Wildman–Crippen LogP) is 1.83. The fourth-order valence-corrected chi connectivity index (χ4v) is 2.82. The normalized spacial score (nSPS) is 11.3. The van der Waals surface area contributed by atoms with Crippen LogP contribution in [0, 0.1) is 0 Å². The molecule has 0 aliphatic rings. The number of aromatic amines is 1. The summed E-state index contributed by atoms with van der Waals surface area (Å²) in [6, 6.07) is 11.5. The second-order valence-corrected chi connectivity index (χ2v) is 5.57. The van der Waals surface area contributed by atoms with E-state index >= 15 is 0 Å². The van der Waals surface area contributed by atoms with Crippen molar-refractivity contribution in [2.45, 2.75) is 5.16 Å². The van der Waals surface area contributed by atoms with Crippen LogP contribution in [0.2, 0.25) is 0 Å². The van der Waals surface area contributed by atoms with Crippen molar-refractivity contribution in [1.82, 2.24) is 10.4 Å². The van der Waals surface area contributed by atoms with Gasteiger partial charge in [0.15, 0.2) is 11.0 Å². The third-order valence-corrected chi connectivity index (χ3v) is 4.13. The van der Waals surface area contributed by atoms with E-state index < -0.39 is 0 Å². The van der Waals surface area contributed by atoms with E-state index in [1.165, 1.54) is 18.0 Å². The Bertz CT molecular complexity index is 808. The number of imidazole rings is 1. The number of hydrazone groups is 1. The molecule has 0 saturated carbocycles. The Morgan fingerprint density at radius 3 is 3.05 bits per heavy atom. The van der Waals surface area contributed by atoms with Crippen LogP contribution >= 0.6 is 11.8 Å². The van der Waals surface area contributed by atoms with E-state index in [-0.39, 0.29) is 11.7 Å². The molecule has 0 saturated heterocycles. The van der Waals surface area contributed by atoms with E-state index in [1.807, 2.05) is 35.9 Å². The van der Waals surface area contributed by atoms with E-state index in [0.717, 1.165) is 16.2 Å². The van der Waals surface area contributed by atoms with Gasteiger partial charge in [-0.1, -0.05) is 12.1 Å². The van der Waals surface area contributed by atoms with Gasteiger partial charge >= 0.3 is 5.16 Å². The third kappa shape index (κ3) is 3.20. The number of carbonyl (C=O) groups is 1. The second kappa shape index (κ2) is 6.48. The van der Waals surface area contributed by atoms with Gasteiger partial charge in [-0.2, -0.15) is 5.10 Å². The van der Waals surface area contributed by atoms with Gasteiger partial charge in [-0.05, 0) is 36.0 Å². The number of aryl methyl sites for hydroxylation is 1. The van der Waals surface area contributed by atoms with Crippen molar-refractivity contribution in [2.75, 3.05) is 5.75 Å². The molecule has 0 spiro atoms. The lowest BCUT2D eigenvalue weighted by atomic mass is 10.3. The molecule has 3 aromatic rings. The largest absolute Gasteiger partial charge is 0.463 e. The third-order valence-electron chi connectivity index (χ3n) is 3.08. The van der Waals surface area contributed by atoms with Crippen LogP contribution in [0.25, 0.3) is 11.0 Å². The molecule has 7 heteroatoms. The number of nitrogens with zero attached hydrogens (tertiary/aromatic N) is 2. The topological polar surface area (TPSA) is 74.3 Å². The Kier molecular flexibility index (Phi) is 4.24. The minimum Gasteiger partial charge on any atom is -0.463 e. The molecule has 22 heavy (non-hydrogen) atoms. The number of aromatic nitrogens is 2. The highest BCUT2D eigenvalue weighted by Gasteiger charge is 2.16. The van der Waals surface area contributed by atoms with Gasteiger partial charge in [0.25, 0.3) is 5.91 Å². The van der Waals surface area contributed by atoms with Crippen LogP contribution in [0.5, 0.6) is 0 Å². The molecular weight excluding hydrogens is 300 g/mol. The zero-order valence-electron chi connectivity index (χ0n) is 11.9. The number of para-hydroxylation sites is 2. The number of rotatable bonds is 5. The number of hydrogen-bond acceptors (Lipinski definition) is 4. The lowest BCUT2D eigenvalue weighted by molar-refractivity contribution is -0.683. The Labute approximate surface area is 131 Å². The summed E-state index contributed by atoms with van der Waals surface area (Å²) in [4.78, 5) is 15.1. The van der Waals surface area contributed by atoms with Gasteiger partial charge in [0.05, 0.1) is 25.3 Å². The van der Waals surface area contributed by atoms with Crippen LogP contribution in [0.4, 0.5) is 0 Å². The van der Waals surface area contributed by atoms with Crippen molar-refractivity contribution in [1.29, 1.82) is 0 Å². The van der Waals surface area contributed by atoms with Gasteiger partial charge in [-0.3, -0.25) is 4.79 Å². The first-order valence-corrected chi connectivity index (χ1v) is 7.67. The number of fused-ring (bicyclic) bond motifs is 1. The first-order valence-electron chi connectivity index (χ1n) is 6.69. The summed E-state index contributed by atoms with van der Waals surface area (Å²) < 4.78 is 7.11. The van der Waals surface area contributed by atoms with Crippen molar-refractivity contribution < 1.29 is 13.8 Å². The number of H-pyrrole nitrogens is 1. The summed E-state index contributed by atoms with van der Waals surface area (Å²) in [5, 5.41) is 4.77. The molecule has 2 heterocycles. The smallest absolute Gasteiger partial charge is 0.317 e. The standard InChI is InChI=1S/C15H14N4O2S/c1-19-13-7-3-2-6-12(13)17-15(19)22-10-14(20)18-16-9-11-5-4-8-21-11/h2-9H,10H2,1H3,(H,18,20)/p+1. The van der Waals surface area contributed by atoms with Crippen LogP contribution in [0.3, 0.4) is 0 Å². The quantitative estimate of drug-likeness (QED) is 0.326. The maximum atomic E-state index is 11.8. The van der Waals surface area contributed by atoms with Crippen LogP contribution in [-0.2, 0) is 11.8 Å². The van der Waals surface area contributed by atoms with Gasteiger partial charge in [0.1, 0.15) is 5.76 Å². The highest BCUT2D eigenvalue weighted by Crippen LogP contribution is 2.16. The Morgan fingerprint density at radius 1 is 1.41 bits per heavy atom. The molecule has 3 rings (SSSR count). The molecule has 2 N–H and O–H groups in total. The molecule has 0 bridgehead atoms. The molecule has 0 aliphatic carbocycles. The van der Waals surface area contributed by atoms with Crippen molar-refractivity contribution in [3.8, 4) is 0 Å². The number of amides is 1. The molecule has 0 fully saturated rings. The molecule has 2 aromatic heterocycles. The minimum atomic E-state index is -0.175. The Hall–Kier alpha value is -2.54. The monoisotopic (exact) mass is 315 g/mol. The number of thioether (sulfide) groups is 1. The summed E-state index contributed by atoms with van der Waals surface area (Å²) >= 11 is 1.43. The number of benzene rings is 1. The Morgan fingerprint density at radius 2 is 2.27 bits per heavy atom. The maximum Gasteiger partial charge on any atom is 0.317 e. The summed E-state index contributed by atoms with van der Waals surface area (Å²) in [6.07, 6.45) is 3.01. The highest BCUT2D eigenvalue weighted by atomic mass is 32.2. The average molecular weight is 315 g/mol. The molecule has 0 aliphatic heterocycles. The summed E-state index contributed by atoms with van der Waals surface area (Å²) in [5.41, 5.74) is 4.61. The molecular formula is C15H15N4O2S+. The summed E-state index contributed by atoms with van der Waals surface area (Å²) in [5.74, 6) is 0.692. The molecule has 6 nitrogen and oxygen atoms in total. The molecule has 112 valence electrons. The lowest BCUT2D eigenvalue weighted by Gasteiger charge is -1.96. The van der Waals surface area contributed by atoms with Gasteiger partial charge in [-0.25, -0.2) is 15.0 Å². The molecule has 0 radical (unpaired) electrons. The van der Waals surface area contributed by atoms with E-state index in [9.17, 15) is 4.79 Å². The fourth-order valence-electron chi connectivity index (χ4n) is 2.01. The second-order valence-electron chi connectivity index (χ2n) is 4.60. The van der Waals surface area contributed by atoms with Crippen molar-refractivity contribution in [2.24, 2.45) is 12.1 Å². The van der Waals surface area contributed by atoms with Crippen LogP contribution in [0.15, 0.2) is 57.3 Å². The molecule has 1 aromatic carbocycles. The fraction of sp³-hybridized carbons (Fsp3) is 0.133. The van der Waals surface area contributed by atoms with E-state index in [1.54, 1.807) is 18.4 Å². The van der Waals surface area contributed by atoms with E-state index in [0.29, 0.717) is 5.76 Å². The highest BCUT2D eigenvalue weighted by molar-refractivity contribution is 7.99. The van der Waals surface area contributed by atoms with Crippen LogP contribution in [-0.4, -0.2) is 22.9 Å².